The molecule has 0 aromatic carbocycles. The second-order valence-corrected chi connectivity index (χ2v) is 5.70. The molecule has 6 rings (SSSR count). The zero-order valence-electron chi connectivity index (χ0n) is 41.2. The van der Waals surface area contributed by atoms with E-state index in [2.05, 4.69) is 64.5 Å². The van der Waals surface area contributed by atoms with E-state index >= 15 is 0 Å². The molecule has 6 N–H and O–H groups in total. The molecule has 9 heteroatoms. The van der Waals surface area contributed by atoms with E-state index < -0.39 is 0 Å². The number of H-pyrrole nitrogens is 3. The summed E-state index contributed by atoms with van der Waals surface area (Å²) in [5.74, 6) is 0. The number of hydrogen-bond donors (Lipinski definition) is 6. The SMILES string of the molecule is C1=CCNC1.C1=CNCC1.C1=NNCC1.CC.CC.CC.CC.CC.CC.CC.CC.CC.CC.CC.CC.c1c[nH]cn1.c1cc[nH]c1.c1cn[nH]c1. The average Bonchev–Trinajstić information content (AvgIpc) is 4.17. The maximum Gasteiger partial charge on any atom is 0.0919 e. The molecule has 54 heavy (non-hydrogen) atoms. The molecule has 0 unspecified atom stereocenters. The first-order valence-corrected chi connectivity index (χ1v) is 21.9. The Morgan fingerprint density at radius 2 is 0.926 bits per heavy atom. The lowest BCUT2D eigenvalue weighted by molar-refractivity contribution is 0.813. The number of imidazole rings is 1. The minimum atomic E-state index is 1.03. The topological polar surface area (TPSA) is 122 Å². The Bertz CT molecular complexity index is 540. The highest BCUT2D eigenvalue weighted by Gasteiger charge is 1.83. The molecule has 0 radical (unpaired) electrons. The second kappa shape index (κ2) is 166. The van der Waals surface area contributed by atoms with Crippen LogP contribution in [0.2, 0.25) is 0 Å². The second-order valence-electron chi connectivity index (χ2n) is 5.70. The number of hydrogen-bond acceptors (Lipinski definition) is 6. The number of nitrogens with zero attached hydrogens (tertiary/aromatic N) is 3. The molecule has 3 aromatic heterocycles. The molecule has 3 aliphatic rings. The molecule has 0 saturated heterocycles. The van der Waals surface area contributed by atoms with E-state index in [1.54, 1.807) is 31.1 Å². The van der Waals surface area contributed by atoms with E-state index in [9.17, 15) is 0 Å². The van der Waals surface area contributed by atoms with Gasteiger partial charge in [-0.1, -0.05) is 184 Å². The van der Waals surface area contributed by atoms with Gasteiger partial charge in [-0.3, -0.25) is 5.10 Å². The third-order valence-electron chi connectivity index (χ3n) is 3.26. The lowest BCUT2D eigenvalue weighted by Crippen LogP contribution is -2.04. The maximum absolute atomic E-state index is 3.71. The summed E-state index contributed by atoms with van der Waals surface area (Å²) in [4.78, 5) is 9.28. The molecule has 3 aliphatic heterocycles. The molecular weight excluding hydrogens is 667 g/mol. The smallest absolute Gasteiger partial charge is 0.0919 e. The monoisotopic (exact) mass is 772 g/mol. The predicted octanol–water partition coefficient (Wildman–Crippen LogP) is 14.8. The zero-order valence-corrected chi connectivity index (χ0v) is 41.2. The molecule has 0 saturated carbocycles. The van der Waals surface area contributed by atoms with Gasteiger partial charge in [-0.2, -0.15) is 10.2 Å². The molecule has 9 nitrogen and oxygen atoms in total. The van der Waals surface area contributed by atoms with Gasteiger partial charge in [0.05, 0.1) is 6.33 Å². The van der Waals surface area contributed by atoms with Gasteiger partial charge in [-0.15, -0.1) is 0 Å². The molecule has 6 heterocycles. The van der Waals surface area contributed by atoms with Crippen LogP contribution < -0.4 is 16.1 Å². The fourth-order valence-corrected chi connectivity index (χ4v) is 1.86. The van der Waals surface area contributed by atoms with E-state index in [1.165, 1.54) is 6.42 Å². The molecule has 330 valence electrons. The van der Waals surface area contributed by atoms with Crippen LogP contribution >= 0.6 is 0 Å². The lowest BCUT2D eigenvalue weighted by atomic mass is 10.5. The standard InChI is InChI=1S/2C4H7N.C4H5N.C3H4N2.C3H6N2.C3H4N2.12C2H6/c3*1-2-4-5-3-1;1-2-5-3-4-1;2*1-2-4-5-3-1;12*1-2/h1,3,5H,2,4H2;1-2,5H,3-4H2;1-5H;1-3H,(H,4,5);2,5H,1,3H2;1-3H,(H,4,5);12*1-2H3. The number of aromatic nitrogens is 5. The highest BCUT2D eigenvalue weighted by Crippen LogP contribution is 1.84. The van der Waals surface area contributed by atoms with E-state index in [4.69, 9.17) is 0 Å². The summed E-state index contributed by atoms with van der Waals surface area (Å²) < 4.78 is 0. The van der Waals surface area contributed by atoms with Crippen molar-refractivity contribution in [1.29, 1.82) is 0 Å². The van der Waals surface area contributed by atoms with Crippen molar-refractivity contribution in [1.82, 2.24) is 41.2 Å². The first kappa shape index (κ1) is 83.4. The van der Waals surface area contributed by atoms with Crippen LogP contribution in [-0.2, 0) is 0 Å². The average molecular weight is 772 g/mol. The Labute approximate surface area is 343 Å². The van der Waals surface area contributed by atoms with E-state index in [0.717, 1.165) is 32.6 Å². The number of nitrogens with one attached hydrogen (secondary N) is 6. The third kappa shape index (κ3) is 156. The summed E-state index contributed by atoms with van der Waals surface area (Å²) in [5, 5.41) is 16.1. The van der Waals surface area contributed by atoms with Crippen molar-refractivity contribution in [2.45, 2.75) is 179 Å². The van der Waals surface area contributed by atoms with Gasteiger partial charge in [0.1, 0.15) is 0 Å². The Balaban J connectivity index is -0.0000000354. The van der Waals surface area contributed by atoms with Gasteiger partial charge in [0, 0.05) is 76.0 Å². The van der Waals surface area contributed by atoms with Crippen LogP contribution in [0.15, 0.2) is 91.2 Å². The quantitative estimate of drug-likeness (QED) is 0.127. The molecule has 0 amide bonds. The Kier molecular flexibility index (Phi) is 256. The van der Waals surface area contributed by atoms with E-state index in [-0.39, 0.29) is 0 Å². The van der Waals surface area contributed by atoms with Crippen molar-refractivity contribution >= 4 is 6.21 Å². The third-order valence-corrected chi connectivity index (χ3v) is 3.26. The van der Waals surface area contributed by atoms with Crippen LogP contribution in [0.3, 0.4) is 0 Å². The summed E-state index contributed by atoms with van der Waals surface area (Å²) in [6, 6.07) is 5.72. The van der Waals surface area contributed by atoms with Crippen molar-refractivity contribution in [3.8, 4) is 0 Å². The van der Waals surface area contributed by atoms with Gasteiger partial charge in [-0.25, -0.2) is 4.98 Å². The van der Waals surface area contributed by atoms with Crippen LogP contribution in [-0.4, -0.2) is 57.5 Å². The molecule has 3 aromatic rings. The van der Waals surface area contributed by atoms with Gasteiger partial charge in [-0.05, 0) is 30.8 Å². The lowest BCUT2D eigenvalue weighted by Gasteiger charge is -1.78. The molecular formula is C45H105N9. The minimum absolute atomic E-state index is 1.03. The molecule has 0 bridgehead atoms. The van der Waals surface area contributed by atoms with Crippen molar-refractivity contribution in [2.75, 3.05) is 26.2 Å². The molecule has 0 spiro atoms. The van der Waals surface area contributed by atoms with Crippen molar-refractivity contribution in [3.05, 3.63) is 86.1 Å². The first-order valence-electron chi connectivity index (χ1n) is 21.9. The minimum Gasteiger partial charge on any atom is -0.391 e. The molecule has 0 aliphatic carbocycles. The first-order chi connectivity index (χ1) is 27.0. The number of aromatic amines is 3. The molecule has 0 fully saturated rings. The Morgan fingerprint density at radius 3 is 1.04 bits per heavy atom. The number of rotatable bonds is 0. The Morgan fingerprint density at radius 1 is 0.444 bits per heavy atom. The van der Waals surface area contributed by atoms with E-state index in [0.29, 0.717) is 0 Å². The van der Waals surface area contributed by atoms with Gasteiger partial charge in [0.25, 0.3) is 0 Å². The largest absolute Gasteiger partial charge is 0.391 e. The van der Waals surface area contributed by atoms with Crippen LogP contribution in [0.4, 0.5) is 0 Å². The van der Waals surface area contributed by atoms with Crippen LogP contribution in [0.1, 0.15) is 179 Å². The maximum atomic E-state index is 3.71. The summed E-state index contributed by atoms with van der Waals surface area (Å²) >= 11 is 0. The summed E-state index contributed by atoms with van der Waals surface area (Å²) in [7, 11) is 0. The van der Waals surface area contributed by atoms with Crippen LogP contribution in [0.25, 0.3) is 0 Å². The molecule has 0 atom stereocenters. The zero-order chi connectivity index (χ0) is 45.2. The van der Waals surface area contributed by atoms with Gasteiger partial charge >= 0.3 is 0 Å². The van der Waals surface area contributed by atoms with Crippen molar-refractivity contribution in [2.24, 2.45) is 5.10 Å². The summed E-state index contributed by atoms with van der Waals surface area (Å²) in [6.07, 6.45) is 24.8. The fraction of sp³-hybridized carbons (Fsp3) is 0.667. The normalized spacial score (nSPS) is 9.04. The highest BCUT2D eigenvalue weighted by atomic mass is 15.3. The highest BCUT2D eigenvalue weighted by molar-refractivity contribution is 5.58. The van der Waals surface area contributed by atoms with E-state index in [1.807, 2.05) is 209 Å². The van der Waals surface area contributed by atoms with Crippen LogP contribution in [0, 0.1) is 0 Å². The van der Waals surface area contributed by atoms with Crippen molar-refractivity contribution in [3.63, 3.8) is 0 Å². The predicted molar refractivity (Wildman–Crippen MR) is 259 cm³/mol. The fourth-order valence-electron chi connectivity index (χ4n) is 1.86. The van der Waals surface area contributed by atoms with Crippen molar-refractivity contribution < 1.29 is 0 Å². The number of hydrazone groups is 1. The summed E-state index contributed by atoms with van der Waals surface area (Å²) in [6.45, 7) is 52.3. The van der Waals surface area contributed by atoms with Crippen LogP contribution in [0.5, 0.6) is 0 Å². The Hall–Kier alpha value is -3.59. The van der Waals surface area contributed by atoms with Gasteiger partial charge in [0.15, 0.2) is 0 Å². The summed E-state index contributed by atoms with van der Waals surface area (Å²) in [5.41, 5.74) is 2.79. The van der Waals surface area contributed by atoms with Gasteiger partial charge in [0.2, 0.25) is 0 Å². The van der Waals surface area contributed by atoms with Gasteiger partial charge < -0.3 is 26.0 Å².